The first-order valence-electron chi connectivity index (χ1n) is 7.08. The topological polar surface area (TPSA) is 81.2 Å². The number of sulfonamides is 1. The van der Waals surface area contributed by atoms with Crippen LogP contribution in [0.2, 0.25) is 0 Å². The first-order valence-corrected chi connectivity index (χ1v) is 8.56. The summed E-state index contributed by atoms with van der Waals surface area (Å²) in [6.45, 7) is 2.92. The molecule has 0 bridgehead atoms. The van der Waals surface area contributed by atoms with E-state index in [1.165, 1.54) is 6.33 Å². The van der Waals surface area contributed by atoms with Crippen LogP contribution < -0.4 is 9.46 Å². The summed E-state index contributed by atoms with van der Waals surface area (Å²) in [4.78, 5) is 8.00. The zero-order valence-electron chi connectivity index (χ0n) is 12.4. The van der Waals surface area contributed by atoms with Gasteiger partial charge in [-0.05, 0) is 42.7 Å². The number of benzene rings is 1. The molecule has 22 heavy (non-hydrogen) atoms. The Balaban J connectivity index is 1.92. The van der Waals surface area contributed by atoms with Crippen LogP contribution in [0.4, 0.5) is 0 Å². The largest absolute Gasteiger partial charge is 0.494 e. The van der Waals surface area contributed by atoms with E-state index in [1.54, 1.807) is 36.7 Å². The molecule has 0 aliphatic heterocycles. The van der Waals surface area contributed by atoms with E-state index in [1.807, 2.05) is 6.92 Å². The fraction of sp³-hybridized carbons (Fsp3) is 0.333. The zero-order valence-corrected chi connectivity index (χ0v) is 13.2. The van der Waals surface area contributed by atoms with Crippen molar-refractivity contribution in [2.24, 2.45) is 0 Å². The van der Waals surface area contributed by atoms with Crippen LogP contribution in [0, 0.1) is 0 Å². The van der Waals surface area contributed by atoms with E-state index >= 15 is 0 Å². The third-order valence-corrected chi connectivity index (χ3v) is 4.40. The SMILES string of the molecule is CCCOc1ccc(S(=O)(=O)NCCc2cncnc2)cc1. The fourth-order valence-electron chi connectivity index (χ4n) is 1.81. The van der Waals surface area contributed by atoms with Gasteiger partial charge < -0.3 is 4.74 Å². The predicted octanol–water partition coefficient (Wildman–Crippen LogP) is 1.79. The van der Waals surface area contributed by atoms with E-state index in [-0.39, 0.29) is 4.90 Å². The number of nitrogens with zero attached hydrogens (tertiary/aromatic N) is 2. The van der Waals surface area contributed by atoms with Crippen molar-refractivity contribution in [3.05, 3.63) is 48.5 Å². The van der Waals surface area contributed by atoms with Crippen molar-refractivity contribution in [2.45, 2.75) is 24.7 Å². The van der Waals surface area contributed by atoms with E-state index in [4.69, 9.17) is 4.74 Å². The molecule has 2 rings (SSSR count). The maximum Gasteiger partial charge on any atom is 0.240 e. The minimum absolute atomic E-state index is 0.223. The second-order valence-corrected chi connectivity index (χ2v) is 6.48. The molecule has 0 spiro atoms. The second kappa shape index (κ2) is 7.86. The predicted molar refractivity (Wildman–Crippen MR) is 83.2 cm³/mol. The van der Waals surface area contributed by atoms with Gasteiger partial charge in [-0.1, -0.05) is 6.92 Å². The summed E-state index contributed by atoms with van der Waals surface area (Å²) in [6.07, 6.45) is 6.22. The number of aromatic nitrogens is 2. The van der Waals surface area contributed by atoms with Crippen molar-refractivity contribution in [1.82, 2.24) is 14.7 Å². The van der Waals surface area contributed by atoms with Gasteiger partial charge in [-0.15, -0.1) is 0 Å². The lowest BCUT2D eigenvalue weighted by molar-refractivity contribution is 0.317. The van der Waals surface area contributed by atoms with Gasteiger partial charge in [0.2, 0.25) is 10.0 Å². The number of hydrogen-bond donors (Lipinski definition) is 1. The Morgan fingerprint density at radius 1 is 1.14 bits per heavy atom. The zero-order chi connectivity index (χ0) is 15.8. The lowest BCUT2D eigenvalue weighted by Gasteiger charge is -2.08. The number of ether oxygens (including phenoxy) is 1. The summed E-state index contributed by atoms with van der Waals surface area (Å²) in [6, 6.07) is 6.41. The van der Waals surface area contributed by atoms with Gasteiger partial charge in [0.05, 0.1) is 11.5 Å². The summed E-state index contributed by atoms with van der Waals surface area (Å²) in [5.74, 6) is 0.669. The molecule has 2 aromatic rings. The van der Waals surface area contributed by atoms with Crippen LogP contribution in [0.3, 0.4) is 0 Å². The van der Waals surface area contributed by atoms with E-state index < -0.39 is 10.0 Å². The smallest absolute Gasteiger partial charge is 0.240 e. The van der Waals surface area contributed by atoms with Crippen molar-refractivity contribution >= 4 is 10.0 Å². The van der Waals surface area contributed by atoms with Crippen molar-refractivity contribution < 1.29 is 13.2 Å². The van der Waals surface area contributed by atoms with Crippen LogP contribution in [0.5, 0.6) is 5.75 Å². The highest BCUT2D eigenvalue weighted by Crippen LogP contribution is 2.16. The fourth-order valence-corrected chi connectivity index (χ4v) is 2.84. The molecule has 6 nitrogen and oxygen atoms in total. The Hall–Kier alpha value is -1.99. The maximum absolute atomic E-state index is 12.2. The van der Waals surface area contributed by atoms with Gasteiger partial charge >= 0.3 is 0 Å². The molecular formula is C15H19N3O3S. The lowest BCUT2D eigenvalue weighted by atomic mass is 10.2. The highest BCUT2D eigenvalue weighted by atomic mass is 32.2. The molecule has 118 valence electrons. The van der Waals surface area contributed by atoms with E-state index in [2.05, 4.69) is 14.7 Å². The normalized spacial score (nSPS) is 11.3. The van der Waals surface area contributed by atoms with Crippen LogP contribution in [0.15, 0.2) is 47.9 Å². The third-order valence-electron chi connectivity index (χ3n) is 2.93. The van der Waals surface area contributed by atoms with Gasteiger partial charge in [-0.3, -0.25) is 0 Å². The summed E-state index contributed by atoms with van der Waals surface area (Å²) in [5, 5.41) is 0. The first-order chi connectivity index (χ1) is 10.6. The average molecular weight is 321 g/mol. The molecule has 0 aliphatic carbocycles. The van der Waals surface area contributed by atoms with Crippen LogP contribution >= 0.6 is 0 Å². The molecular weight excluding hydrogens is 302 g/mol. The minimum Gasteiger partial charge on any atom is -0.494 e. The molecule has 1 aromatic carbocycles. The van der Waals surface area contributed by atoms with E-state index in [0.717, 1.165) is 12.0 Å². The van der Waals surface area contributed by atoms with Crippen molar-refractivity contribution in [3.8, 4) is 5.75 Å². The van der Waals surface area contributed by atoms with Crippen LogP contribution in [0.25, 0.3) is 0 Å². The molecule has 0 saturated heterocycles. The number of rotatable bonds is 8. The van der Waals surface area contributed by atoms with Gasteiger partial charge in [0.1, 0.15) is 12.1 Å². The molecule has 7 heteroatoms. The Morgan fingerprint density at radius 3 is 2.45 bits per heavy atom. The molecule has 0 unspecified atom stereocenters. The van der Waals surface area contributed by atoms with Gasteiger partial charge in [0.25, 0.3) is 0 Å². The van der Waals surface area contributed by atoms with Gasteiger partial charge in [-0.2, -0.15) is 0 Å². The van der Waals surface area contributed by atoms with Gasteiger partial charge in [0, 0.05) is 18.9 Å². The first kappa shape index (κ1) is 16.4. The molecule has 0 aliphatic rings. The van der Waals surface area contributed by atoms with Gasteiger partial charge in [0.15, 0.2) is 0 Å². The Bertz CT molecular complexity index is 673. The molecule has 1 heterocycles. The monoisotopic (exact) mass is 321 g/mol. The molecule has 1 N–H and O–H groups in total. The number of nitrogens with one attached hydrogen (secondary N) is 1. The summed E-state index contributed by atoms with van der Waals surface area (Å²) in [5.41, 5.74) is 0.883. The lowest BCUT2D eigenvalue weighted by Crippen LogP contribution is -2.26. The van der Waals surface area contributed by atoms with Crippen LogP contribution in [0.1, 0.15) is 18.9 Å². The maximum atomic E-state index is 12.2. The second-order valence-electron chi connectivity index (χ2n) is 4.71. The van der Waals surface area contributed by atoms with E-state index in [9.17, 15) is 8.42 Å². The average Bonchev–Trinajstić information content (AvgIpc) is 2.54. The summed E-state index contributed by atoms with van der Waals surface area (Å²) < 4.78 is 32.3. The molecule has 1 aromatic heterocycles. The molecule has 0 amide bonds. The molecule has 0 fully saturated rings. The Kier molecular flexibility index (Phi) is 5.85. The quantitative estimate of drug-likeness (QED) is 0.801. The standard InChI is InChI=1S/C15H19N3O3S/c1-2-9-21-14-3-5-15(6-4-14)22(19,20)18-8-7-13-10-16-12-17-11-13/h3-6,10-12,18H,2,7-9H2,1H3. The van der Waals surface area contributed by atoms with E-state index in [0.29, 0.717) is 25.3 Å². The third kappa shape index (κ3) is 4.78. The van der Waals surface area contributed by atoms with Crippen LogP contribution in [-0.2, 0) is 16.4 Å². The van der Waals surface area contributed by atoms with Crippen LogP contribution in [-0.4, -0.2) is 31.5 Å². The summed E-state index contributed by atoms with van der Waals surface area (Å²) >= 11 is 0. The van der Waals surface area contributed by atoms with Crippen molar-refractivity contribution in [3.63, 3.8) is 0 Å². The highest BCUT2D eigenvalue weighted by molar-refractivity contribution is 7.89. The van der Waals surface area contributed by atoms with Crippen molar-refractivity contribution in [1.29, 1.82) is 0 Å². The van der Waals surface area contributed by atoms with Crippen molar-refractivity contribution in [2.75, 3.05) is 13.2 Å². The minimum atomic E-state index is -3.51. The number of hydrogen-bond acceptors (Lipinski definition) is 5. The molecule has 0 saturated carbocycles. The summed E-state index contributed by atoms with van der Waals surface area (Å²) in [7, 11) is -3.51. The Labute approximate surface area is 130 Å². The highest BCUT2D eigenvalue weighted by Gasteiger charge is 2.13. The van der Waals surface area contributed by atoms with Gasteiger partial charge in [-0.25, -0.2) is 23.1 Å². The molecule has 0 atom stereocenters. The Morgan fingerprint density at radius 2 is 1.82 bits per heavy atom. The molecule has 0 radical (unpaired) electrons.